The van der Waals surface area contributed by atoms with Crippen LogP contribution in [0, 0.1) is 18.3 Å². The second kappa shape index (κ2) is 9.66. The van der Waals surface area contributed by atoms with Crippen LogP contribution in [0.4, 0.5) is 5.69 Å². The summed E-state index contributed by atoms with van der Waals surface area (Å²) in [6, 6.07) is 15.4. The fourth-order valence-electron chi connectivity index (χ4n) is 4.29. The second-order valence-corrected chi connectivity index (χ2v) is 9.43. The molecule has 2 aromatic carbocycles. The van der Waals surface area contributed by atoms with Gasteiger partial charge in [-0.25, -0.2) is 9.97 Å². The number of nitrogens with zero attached hydrogens (tertiary/aromatic N) is 5. The molecule has 1 fully saturated rings. The molecule has 1 saturated heterocycles. The Bertz CT molecular complexity index is 1160. The summed E-state index contributed by atoms with van der Waals surface area (Å²) in [6.45, 7) is 6.12. The normalized spacial score (nSPS) is 18.5. The molecule has 170 valence electrons. The Balaban J connectivity index is 1.63. The first-order valence-electron chi connectivity index (χ1n) is 10.7. The Kier molecular flexibility index (Phi) is 6.87. The van der Waals surface area contributed by atoms with E-state index in [2.05, 4.69) is 25.8 Å². The molecule has 33 heavy (non-hydrogen) atoms. The van der Waals surface area contributed by atoms with Gasteiger partial charge in [-0.05, 0) is 49.7 Å². The van der Waals surface area contributed by atoms with Gasteiger partial charge in [0.1, 0.15) is 17.5 Å². The van der Waals surface area contributed by atoms with Crippen LogP contribution in [-0.4, -0.2) is 46.2 Å². The standard InChI is InChI=1S/C25H25Cl2N5O/c1-17-29-13-20(14-30-17)25(2,33)16-31-9-10-32(23-8-7-22(27)11-19(23)12-28)24(15-31)18-3-5-21(26)6-4-18/h3-8,11,13-14,24,33H,9-10,15-16H2,1-2H3/t24-,25+/m0/s1. The van der Waals surface area contributed by atoms with Crippen molar-refractivity contribution in [2.45, 2.75) is 25.5 Å². The largest absolute Gasteiger partial charge is 0.384 e. The summed E-state index contributed by atoms with van der Waals surface area (Å²) in [6.07, 6.45) is 3.37. The van der Waals surface area contributed by atoms with Gasteiger partial charge in [0.15, 0.2) is 0 Å². The van der Waals surface area contributed by atoms with E-state index < -0.39 is 5.60 Å². The third-order valence-corrected chi connectivity index (χ3v) is 6.53. The van der Waals surface area contributed by atoms with Crippen LogP contribution in [0.5, 0.6) is 0 Å². The first-order valence-corrected chi connectivity index (χ1v) is 11.5. The molecule has 8 heteroatoms. The molecule has 1 aromatic heterocycles. The number of benzene rings is 2. The van der Waals surface area contributed by atoms with Crippen molar-refractivity contribution in [1.29, 1.82) is 5.26 Å². The number of anilines is 1. The van der Waals surface area contributed by atoms with Crippen LogP contribution in [0.25, 0.3) is 0 Å². The molecule has 2 heterocycles. The zero-order valence-corrected chi connectivity index (χ0v) is 20.1. The molecule has 1 aliphatic rings. The van der Waals surface area contributed by atoms with Crippen molar-refractivity contribution >= 4 is 28.9 Å². The average Bonchev–Trinajstić information content (AvgIpc) is 2.80. The number of aryl methyl sites for hydroxylation is 1. The molecule has 0 unspecified atom stereocenters. The minimum absolute atomic E-state index is 0.0330. The Hall–Kier alpha value is -2.69. The predicted molar refractivity (Wildman–Crippen MR) is 130 cm³/mol. The Morgan fingerprint density at radius 1 is 1.09 bits per heavy atom. The van der Waals surface area contributed by atoms with Gasteiger partial charge in [-0.2, -0.15) is 5.26 Å². The average molecular weight is 482 g/mol. The van der Waals surface area contributed by atoms with Crippen molar-refractivity contribution in [1.82, 2.24) is 14.9 Å². The summed E-state index contributed by atoms with van der Waals surface area (Å²) in [5.74, 6) is 0.669. The summed E-state index contributed by atoms with van der Waals surface area (Å²) in [7, 11) is 0. The first kappa shape index (κ1) is 23.5. The van der Waals surface area contributed by atoms with E-state index >= 15 is 0 Å². The number of nitriles is 1. The summed E-state index contributed by atoms with van der Waals surface area (Å²) >= 11 is 12.3. The predicted octanol–water partition coefficient (Wildman–Crippen LogP) is 4.73. The van der Waals surface area contributed by atoms with E-state index in [9.17, 15) is 10.4 Å². The van der Waals surface area contributed by atoms with Crippen molar-refractivity contribution in [3.05, 3.63) is 87.4 Å². The summed E-state index contributed by atoms with van der Waals surface area (Å²) in [4.78, 5) is 12.9. The number of aromatic nitrogens is 2. The van der Waals surface area contributed by atoms with E-state index in [4.69, 9.17) is 23.2 Å². The van der Waals surface area contributed by atoms with Crippen molar-refractivity contribution < 1.29 is 5.11 Å². The van der Waals surface area contributed by atoms with Crippen LogP contribution in [0.15, 0.2) is 54.9 Å². The third-order valence-electron chi connectivity index (χ3n) is 6.04. The molecule has 3 aromatic rings. The first-order chi connectivity index (χ1) is 15.8. The molecule has 2 atom stereocenters. The van der Waals surface area contributed by atoms with E-state index in [0.717, 1.165) is 17.8 Å². The van der Waals surface area contributed by atoms with Crippen molar-refractivity contribution in [3.63, 3.8) is 0 Å². The fraction of sp³-hybridized carbons (Fsp3) is 0.320. The molecule has 0 radical (unpaired) electrons. The van der Waals surface area contributed by atoms with Gasteiger partial charge in [0.25, 0.3) is 0 Å². The Morgan fingerprint density at radius 2 is 1.76 bits per heavy atom. The van der Waals surface area contributed by atoms with Crippen LogP contribution < -0.4 is 4.90 Å². The SMILES string of the molecule is Cc1ncc([C@](C)(O)CN2CCN(c3ccc(Cl)cc3C#N)[C@H](c3ccc(Cl)cc3)C2)cn1. The molecule has 4 rings (SSSR count). The van der Waals surface area contributed by atoms with Crippen LogP contribution in [0.3, 0.4) is 0 Å². The molecule has 0 bridgehead atoms. The number of piperazine rings is 1. The smallest absolute Gasteiger partial charge is 0.125 e. The van der Waals surface area contributed by atoms with Gasteiger partial charge in [0, 0.05) is 54.2 Å². The molecular weight excluding hydrogens is 457 g/mol. The minimum atomic E-state index is -1.10. The highest BCUT2D eigenvalue weighted by Crippen LogP contribution is 2.35. The van der Waals surface area contributed by atoms with Crippen molar-refractivity contribution in [2.24, 2.45) is 0 Å². The molecule has 0 amide bonds. The van der Waals surface area contributed by atoms with E-state index in [0.29, 0.717) is 46.6 Å². The third kappa shape index (κ3) is 5.29. The number of hydrogen-bond acceptors (Lipinski definition) is 6. The molecule has 6 nitrogen and oxygen atoms in total. The Labute approximate surface area is 204 Å². The van der Waals surface area contributed by atoms with E-state index in [1.54, 1.807) is 25.4 Å². The maximum Gasteiger partial charge on any atom is 0.125 e. The lowest BCUT2D eigenvalue weighted by Crippen LogP contribution is -2.52. The van der Waals surface area contributed by atoms with E-state index in [1.807, 2.05) is 43.3 Å². The zero-order valence-electron chi connectivity index (χ0n) is 18.5. The lowest BCUT2D eigenvalue weighted by Gasteiger charge is -2.45. The summed E-state index contributed by atoms with van der Waals surface area (Å²) in [5.41, 5.74) is 2.06. The topological polar surface area (TPSA) is 76.3 Å². The fourth-order valence-corrected chi connectivity index (χ4v) is 4.59. The van der Waals surface area contributed by atoms with Gasteiger partial charge >= 0.3 is 0 Å². The quantitative estimate of drug-likeness (QED) is 0.567. The summed E-state index contributed by atoms with van der Waals surface area (Å²) in [5, 5.41) is 22.1. The second-order valence-electron chi connectivity index (χ2n) is 8.56. The zero-order chi connectivity index (χ0) is 23.6. The molecule has 1 N–H and O–H groups in total. The summed E-state index contributed by atoms with van der Waals surface area (Å²) < 4.78 is 0. The van der Waals surface area contributed by atoms with Crippen molar-refractivity contribution in [2.75, 3.05) is 31.1 Å². The molecule has 0 saturated carbocycles. The maximum atomic E-state index is 11.2. The number of halogens is 2. The number of hydrogen-bond donors (Lipinski definition) is 1. The van der Waals surface area contributed by atoms with Gasteiger partial charge in [0.2, 0.25) is 0 Å². The highest BCUT2D eigenvalue weighted by Gasteiger charge is 2.34. The van der Waals surface area contributed by atoms with Gasteiger partial charge in [-0.3, -0.25) is 4.90 Å². The monoisotopic (exact) mass is 481 g/mol. The minimum Gasteiger partial charge on any atom is -0.384 e. The number of aliphatic hydroxyl groups is 1. The van der Waals surface area contributed by atoms with Crippen molar-refractivity contribution in [3.8, 4) is 6.07 Å². The maximum absolute atomic E-state index is 11.2. The molecule has 1 aliphatic heterocycles. The number of rotatable bonds is 5. The van der Waals surface area contributed by atoms with E-state index in [1.165, 1.54) is 0 Å². The molecular formula is C25H25Cl2N5O. The highest BCUT2D eigenvalue weighted by molar-refractivity contribution is 6.31. The van der Waals surface area contributed by atoms with Gasteiger partial charge < -0.3 is 10.0 Å². The van der Waals surface area contributed by atoms with Crippen LogP contribution in [0.2, 0.25) is 10.0 Å². The molecule has 0 spiro atoms. The van der Waals surface area contributed by atoms with Gasteiger partial charge in [-0.1, -0.05) is 35.3 Å². The lowest BCUT2D eigenvalue weighted by molar-refractivity contribution is 0.00971. The Morgan fingerprint density at radius 3 is 2.42 bits per heavy atom. The van der Waals surface area contributed by atoms with E-state index in [-0.39, 0.29) is 6.04 Å². The van der Waals surface area contributed by atoms with Crippen LogP contribution in [0.1, 0.15) is 35.5 Å². The van der Waals surface area contributed by atoms with Crippen LogP contribution >= 0.6 is 23.2 Å². The number of β-amino-alcohol motifs (C(OH)–C–C–N with tert-alkyl or cyclic N) is 1. The van der Waals surface area contributed by atoms with Gasteiger partial charge in [-0.15, -0.1) is 0 Å². The molecule has 0 aliphatic carbocycles. The lowest BCUT2D eigenvalue weighted by atomic mass is 9.95. The van der Waals surface area contributed by atoms with Gasteiger partial charge in [0.05, 0.1) is 17.3 Å². The van der Waals surface area contributed by atoms with Crippen LogP contribution in [-0.2, 0) is 5.60 Å². The highest BCUT2D eigenvalue weighted by atomic mass is 35.5.